The van der Waals surface area contributed by atoms with Gasteiger partial charge in [0.1, 0.15) is 5.82 Å². The first kappa shape index (κ1) is 28.0. The fourth-order valence-corrected chi connectivity index (χ4v) is 4.94. The van der Waals surface area contributed by atoms with Crippen LogP contribution in [0.3, 0.4) is 0 Å². The highest BCUT2D eigenvalue weighted by Gasteiger charge is 2.64. The van der Waals surface area contributed by atoms with E-state index in [1.165, 1.54) is 10.8 Å². The van der Waals surface area contributed by atoms with Gasteiger partial charge in [-0.25, -0.2) is 9.18 Å². The number of likely N-dealkylation sites (N-methyl/N-ethyl adjacent to an activating group) is 1. The summed E-state index contributed by atoms with van der Waals surface area (Å²) in [5, 5.41) is 15.0. The van der Waals surface area contributed by atoms with Gasteiger partial charge in [0, 0.05) is 35.8 Å². The van der Waals surface area contributed by atoms with E-state index in [1.807, 2.05) is 0 Å². The van der Waals surface area contributed by atoms with E-state index in [-0.39, 0.29) is 68.7 Å². The first-order valence-corrected chi connectivity index (χ1v) is 12.0. The summed E-state index contributed by atoms with van der Waals surface area (Å²) < 4.78 is 65.7. The number of nitrogens with zero attached hydrogens (tertiary/aromatic N) is 2. The van der Waals surface area contributed by atoms with Crippen molar-refractivity contribution in [2.45, 2.75) is 43.9 Å². The van der Waals surface area contributed by atoms with Gasteiger partial charge < -0.3 is 25.2 Å². The number of aryl methyl sites for hydroxylation is 1. The molecule has 5 atom stereocenters. The predicted molar refractivity (Wildman–Crippen MR) is 125 cm³/mol. The largest absolute Gasteiger partial charge is 0.419 e. The zero-order valence-corrected chi connectivity index (χ0v) is 20.6. The number of ether oxygens (including phenoxy) is 2. The van der Waals surface area contributed by atoms with E-state index in [0.717, 1.165) is 10.6 Å². The molecule has 14 heteroatoms. The highest BCUT2D eigenvalue weighted by molar-refractivity contribution is 5.94. The fraction of sp³-hybridized carbons (Fsp3) is 0.542. The molecule has 2 fully saturated rings. The Labute approximate surface area is 214 Å². The topological polar surface area (TPSA) is 124 Å². The predicted octanol–water partition coefficient (Wildman–Crippen LogP) is 0.442. The number of amides is 1. The molecule has 3 unspecified atom stereocenters. The van der Waals surface area contributed by atoms with E-state index < -0.39 is 34.7 Å². The van der Waals surface area contributed by atoms with Gasteiger partial charge in [-0.3, -0.25) is 18.7 Å². The van der Waals surface area contributed by atoms with Crippen LogP contribution in [0.15, 0.2) is 34.0 Å². The lowest BCUT2D eigenvalue weighted by Gasteiger charge is -2.22. The molecule has 1 amide bonds. The molecule has 1 saturated carbocycles. The molecule has 2 heterocycles. The van der Waals surface area contributed by atoms with Crippen LogP contribution in [-0.2, 0) is 22.2 Å². The number of aliphatic hydroxyl groups is 1. The van der Waals surface area contributed by atoms with Crippen molar-refractivity contribution in [3.8, 4) is 0 Å². The number of halogens is 4. The van der Waals surface area contributed by atoms with E-state index in [4.69, 9.17) is 9.47 Å². The summed E-state index contributed by atoms with van der Waals surface area (Å²) >= 11 is 0. The molecule has 2 aromatic rings. The zero-order chi connectivity index (χ0) is 27.8. The molecule has 38 heavy (non-hydrogen) atoms. The van der Waals surface area contributed by atoms with Crippen molar-refractivity contribution in [1.29, 1.82) is 0 Å². The van der Waals surface area contributed by atoms with Crippen molar-refractivity contribution in [2.75, 3.05) is 33.4 Å². The summed E-state index contributed by atoms with van der Waals surface area (Å²) in [6, 6.07) is 1.55. The third kappa shape index (κ3) is 5.39. The van der Waals surface area contributed by atoms with Crippen LogP contribution in [0.2, 0.25) is 0 Å². The second-order valence-corrected chi connectivity index (χ2v) is 9.22. The van der Waals surface area contributed by atoms with Crippen LogP contribution in [0.5, 0.6) is 0 Å². The Bertz CT molecular complexity index is 1310. The summed E-state index contributed by atoms with van der Waals surface area (Å²) in [5.41, 5.74) is -2.52. The van der Waals surface area contributed by atoms with E-state index in [0.29, 0.717) is 17.7 Å². The molecule has 0 spiro atoms. The minimum Gasteiger partial charge on any atom is -0.394 e. The van der Waals surface area contributed by atoms with Crippen LogP contribution in [0.1, 0.15) is 27.5 Å². The van der Waals surface area contributed by atoms with E-state index in [9.17, 15) is 37.1 Å². The van der Waals surface area contributed by atoms with Crippen molar-refractivity contribution in [2.24, 2.45) is 5.92 Å². The smallest absolute Gasteiger partial charge is 0.394 e. The molecule has 1 saturated heterocycles. The molecule has 1 aromatic carbocycles. The molecule has 1 aliphatic heterocycles. The maximum Gasteiger partial charge on any atom is 0.419 e. The number of fused-ring (bicyclic) bond motifs is 1. The number of aliphatic hydroxyl groups excluding tert-OH is 1. The van der Waals surface area contributed by atoms with Crippen LogP contribution in [0.4, 0.5) is 17.6 Å². The van der Waals surface area contributed by atoms with Gasteiger partial charge in [-0.15, -0.1) is 0 Å². The molecule has 4 rings (SSSR count). The fourth-order valence-electron chi connectivity index (χ4n) is 4.94. The summed E-state index contributed by atoms with van der Waals surface area (Å²) in [4.78, 5) is 37.8. The minimum atomic E-state index is -4.93. The molecule has 208 valence electrons. The van der Waals surface area contributed by atoms with Crippen LogP contribution in [0.25, 0.3) is 0 Å². The molecule has 3 N–H and O–H groups in total. The van der Waals surface area contributed by atoms with Crippen molar-refractivity contribution in [3.05, 3.63) is 67.7 Å². The summed E-state index contributed by atoms with van der Waals surface area (Å²) in [7, 11) is 1.75. The van der Waals surface area contributed by atoms with Gasteiger partial charge >= 0.3 is 11.9 Å². The summed E-state index contributed by atoms with van der Waals surface area (Å²) in [6.07, 6.45) is -4.04. The number of hydrogen-bond acceptors (Lipinski definition) is 7. The number of hydrogen-bond donors (Lipinski definition) is 3. The standard InChI is InChI=1S/C24H28F4N4O6/c1-12-10-32(19-17-18(29-2)16(11-33)38-20(17)19)23(36)31(22(12)35)6-8-37-7-5-30-21(34)13-3-4-15(25)14(9-13)24(26,27)28/h3-4,9-10,16-20,29,33H,5-8,11H2,1-2H3,(H,30,34)/t16-,17?,18?,19?,20-/m1/s1. The third-order valence-corrected chi connectivity index (χ3v) is 6.84. The van der Waals surface area contributed by atoms with Crippen molar-refractivity contribution < 1.29 is 36.9 Å². The van der Waals surface area contributed by atoms with Crippen LogP contribution >= 0.6 is 0 Å². The lowest BCUT2D eigenvalue weighted by Crippen LogP contribution is -2.44. The van der Waals surface area contributed by atoms with Crippen molar-refractivity contribution in [3.63, 3.8) is 0 Å². The highest BCUT2D eigenvalue weighted by atomic mass is 19.4. The Kier molecular flexibility index (Phi) is 8.06. The molecule has 0 radical (unpaired) electrons. The Morgan fingerprint density at radius 3 is 2.63 bits per heavy atom. The molecular weight excluding hydrogens is 516 g/mol. The maximum atomic E-state index is 13.4. The Hall–Kier alpha value is -3.07. The Balaban J connectivity index is 1.31. The number of alkyl halides is 3. The average Bonchev–Trinajstić information content (AvgIpc) is 3.43. The van der Waals surface area contributed by atoms with E-state index in [2.05, 4.69) is 10.6 Å². The van der Waals surface area contributed by atoms with Crippen molar-refractivity contribution in [1.82, 2.24) is 19.8 Å². The van der Waals surface area contributed by atoms with Crippen LogP contribution < -0.4 is 21.9 Å². The molecule has 10 nitrogen and oxygen atoms in total. The zero-order valence-electron chi connectivity index (χ0n) is 20.6. The quantitative estimate of drug-likeness (QED) is 0.293. The molecule has 1 aliphatic carbocycles. The molecule has 1 aromatic heterocycles. The first-order valence-electron chi connectivity index (χ1n) is 12.0. The van der Waals surface area contributed by atoms with Crippen LogP contribution in [-0.4, -0.2) is 71.8 Å². The third-order valence-electron chi connectivity index (χ3n) is 6.84. The SMILES string of the molecule is CNC1C2C(n3cc(C)c(=O)n(CCOCCNC(=O)c4ccc(F)c(C(F)(F)F)c4)c3=O)[C@@H]2O[C@@H]1CO. The van der Waals surface area contributed by atoms with Crippen LogP contribution in [0, 0.1) is 18.7 Å². The lowest BCUT2D eigenvalue weighted by atomic mass is 10.1. The summed E-state index contributed by atoms with van der Waals surface area (Å²) in [5.74, 6) is -2.33. The number of aromatic nitrogens is 2. The Morgan fingerprint density at radius 2 is 1.97 bits per heavy atom. The second-order valence-electron chi connectivity index (χ2n) is 9.22. The van der Waals surface area contributed by atoms with Gasteiger partial charge in [0.15, 0.2) is 0 Å². The van der Waals surface area contributed by atoms with Gasteiger partial charge in [0.05, 0.1) is 50.2 Å². The van der Waals surface area contributed by atoms with Gasteiger partial charge in [-0.05, 0) is 32.2 Å². The van der Waals surface area contributed by atoms with Crippen molar-refractivity contribution >= 4 is 5.91 Å². The van der Waals surface area contributed by atoms with Gasteiger partial charge in [0.25, 0.3) is 11.5 Å². The minimum absolute atomic E-state index is 0.0200. The average molecular weight is 545 g/mol. The van der Waals surface area contributed by atoms with E-state index >= 15 is 0 Å². The van der Waals surface area contributed by atoms with E-state index in [1.54, 1.807) is 14.0 Å². The normalized spacial score (nSPS) is 24.3. The first-order chi connectivity index (χ1) is 18.0. The molecular formula is C24H28F4N4O6. The molecule has 2 aliphatic rings. The van der Waals surface area contributed by atoms with Gasteiger partial charge in [-0.1, -0.05) is 0 Å². The monoisotopic (exact) mass is 544 g/mol. The summed E-state index contributed by atoms with van der Waals surface area (Å²) in [6.45, 7) is 1.25. The highest BCUT2D eigenvalue weighted by Crippen LogP contribution is 2.54. The number of carbonyl (C=O) groups is 1. The number of nitrogens with one attached hydrogen (secondary N) is 2. The second kappa shape index (κ2) is 11.0. The van der Waals surface area contributed by atoms with Gasteiger partial charge in [0.2, 0.25) is 0 Å². The molecule has 0 bridgehead atoms. The maximum absolute atomic E-state index is 13.4. The van der Waals surface area contributed by atoms with Gasteiger partial charge in [-0.2, -0.15) is 13.2 Å². The number of benzene rings is 1. The number of carbonyl (C=O) groups excluding carboxylic acids is 1. The lowest BCUT2D eigenvalue weighted by molar-refractivity contribution is -0.140. The Morgan fingerprint density at radius 1 is 1.24 bits per heavy atom. The number of rotatable bonds is 10.